The predicted molar refractivity (Wildman–Crippen MR) is 75.6 cm³/mol. The molecule has 0 fully saturated rings. The highest BCUT2D eigenvalue weighted by atomic mass is 16.5. The second-order valence-corrected chi connectivity index (χ2v) is 3.76. The molecule has 0 unspecified atom stereocenters. The molecule has 1 heterocycles. The van der Waals surface area contributed by atoms with Gasteiger partial charge in [0.15, 0.2) is 5.69 Å². The van der Waals surface area contributed by atoms with Gasteiger partial charge in [-0.3, -0.25) is 0 Å². The van der Waals surface area contributed by atoms with Crippen LogP contribution in [0.15, 0.2) is 42.5 Å². The lowest BCUT2D eigenvalue weighted by molar-refractivity contribution is 0.0682. The summed E-state index contributed by atoms with van der Waals surface area (Å²) in [6.45, 7) is 0. The van der Waals surface area contributed by atoms with E-state index in [2.05, 4.69) is 4.98 Å². The van der Waals surface area contributed by atoms with Crippen molar-refractivity contribution in [3.63, 3.8) is 0 Å². The maximum atomic E-state index is 10.4. The van der Waals surface area contributed by atoms with Crippen molar-refractivity contribution in [2.45, 2.75) is 0 Å². The highest BCUT2D eigenvalue weighted by Crippen LogP contribution is 2.09. The van der Waals surface area contributed by atoms with Gasteiger partial charge >= 0.3 is 11.9 Å². The van der Waals surface area contributed by atoms with Crippen LogP contribution in [0.1, 0.15) is 20.8 Å². The number of aromatic carboxylic acids is 2. The number of pyridine rings is 1. The zero-order valence-corrected chi connectivity index (χ0v) is 11.2. The lowest BCUT2D eigenvalue weighted by Crippen LogP contribution is -2.00. The zero-order chi connectivity index (χ0) is 15.8. The van der Waals surface area contributed by atoms with Crippen molar-refractivity contribution in [2.24, 2.45) is 0 Å². The number of carbonyl (C=O) groups is 2. The van der Waals surface area contributed by atoms with Crippen LogP contribution in [0.25, 0.3) is 0 Å². The highest BCUT2D eigenvalue weighted by molar-refractivity contribution is 5.93. The minimum atomic E-state index is -1.05. The maximum absolute atomic E-state index is 10.4. The Balaban J connectivity index is 0.000000211. The summed E-state index contributed by atoms with van der Waals surface area (Å²) in [5.74, 6) is -1.73. The molecule has 7 heteroatoms. The Hall–Kier alpha value is -3.09. The standard InChI is InChI=1S/C7H7NO3.C7H7NO2/c1-11-6-4-2-3-5(8-6)7(9)10;8-6-4-2-1-3-5(6)7(9)10/h2-4H,1H3,(H,9,10);1-4H,8H2,(H,9,10). The number of para-hydroxylation sites is 1. The summed E-state index contributed by atoms with van der Waals surface area (Å²) in [5, 5.41) is 17.0. The topological polar surface area (TPSA) is 123 Å². The molecule has 0 aliphatic rings. The van der Waals surface area contributed by atoms with Gasteiger partial charge in [-0.05, 0) is 18.2 Å². The summed E-state index contributed by atoms with van der Waals surface area (Å²) in [6, 6.07) is 10.9. The number of anilines is 1. The van der Waals surface area contributed by atoms with Crippen LogP contribution in [0.5, 0.6) is 5.88 Å². The van der Waals surface area contributed by atoms with Crippen LogP contribution in [-0.4, -0.2) is 34.2 Å². The van der Waals surface area contributed by atoms with E-state index < -0.39 is 11.9 Å². The molecule has 0 saturated carbocycles. The van der Waals surface area contributed by atoms with E-state index in [-0.39, 0.29) is 11.3 Å². The summed E-state index contributed by atoms with van der Waals surface area (Å²) in [6.07, 6.45) is 0. The average Bonchev–Trinajstić information content (AvgIpc) is 2.48. The van der Waals surface area contributed by atoms with Crippen molar-refractivity contribution in [2.75, 3.05) is 12.8 Å². The van der Waals surface area contributed by atoms with E-state index in [9.17, 15) is 9.59 Å². The molecule has 1 aromatic carbocycles. The van der Waals surface area contributed by atoms with Crippen molar-refractivity contribution in [1.82, 2.24) is 4.98 Å². The fourth-order valence-corrected chi connectivity index (χ4v) is 1.34. The number of methoxy groups -OCH3 is 1. The second-order valence-electron chi connectivity index (χ2n) is 3.76. The highest BCUT2D eigenvalue weighted by Gasteiger charge is 2.04. The molecule has 2 rings (SSSR count). The van der Waals surface area contributed by atoms with Gasteiger partial charge in [0.05, 0.1) is 12.7 Å². The molecular weight excluding hydrogens is 276 g/mol. The van der Waals surface area contributed by atoms with Crippen LogP contribution in [-0.2, 0) is 0 Å². The van der Waals surface area contributed by atoms with Crippen molar-refractivity contribution in [3.05, 3.63) is 53.7 Å². The Bertz CT molecular complexity index is 643. The van der Waals surface area contributed by atoms with Gasteiger partial charge < -0.3 is 20.7 Å². The van der Waals surface area contributed by atoms with Crippen molar-refractivity contribution >= 4 is 17.6 Å². The molecule has 0 amide bonds. The lowest BCUT2D eigenvalue weighted by atomic mass is 10.2. The van der Waals surface area contributed by atoms with Gasteiger partial charge in [0.2, 0.25) is 5.88 Å². The second kappa shape index (κ2) is 7.49. The lowest BCUT2D eigenvalue weighted by Gasteiger charge is -1.97. The Morgan fingerprint density at radius 3 is 2.19 bits per heavy atom. The first-order chi connectivity index (χ1) is 9.95. The summed E-state index contributed by atoms with van der Waals surface area (Å²) in [4.78, 5) is 24.4. The van der Waals surface area contributed by atoms with Crippen LogP contribution < -0.4 is 10.5 Å². The third-order valence-corrected chi connectivity index (χ3v) is 2.34. The zero-order valence-electron chi connectivity index (χ0n) is 11.2. The Morgan fingerprint density at radius 2 is 1.71 bits per heavy atom. The molecule has 4 N–H and O–H groups in total. The number of nitrogen functional groups attached to an aromatic ring is 1. The fraction of sp³-hybridized carbons (Fsp3) is 0.0714. The molecule has 0 aliphatic heterocycles. The summed E-state index contributed by atoms with van der Waals surface area (Å²) < 4.78 is 4.73. The Kier molecular flexibility index (Phi) is 5.69. The van der Waals surface area contributed by atoms with Crippen LogP contribution in [0, 0.1) is 0 Å². The van der Waals surface area contributed by atoms with E-state index >= 15 is 0 Å². The van der Waals surface area contributed by atoms with Gasteiger partial charge in [-0.25, -0.2) is 14.6 Å². The van der Waals surface area contributed by atoms with Crippen LogP contribution in [0.3, 0.4) is 0 Å². The number of hydrogen-bond acceptors (Lipinski definition) is 5. The average molecular weight is 290 g/mol. The first-order valence-corrected chi connectivity index (χ1v) is 5.78. The SMILES string of the molecule is COc1cccc(C(=O)O)n1.Nc1ccccc1C(=O)O. The third-order valence-electron chi connectivity index (χ3n) is 2.34. The van der Waals surface area contributed by atoms with Crippen molar-refractivity contribution in [1.29, 1.82) is 0 Å². The minimum absolute atomic E-state index is 0.00986. The van der Waals surface area contributed by atoms with Crippen LogP contribution in [0.4, 0.5) is 5.69 Å². The summed E-state index contributed by atoms with van der Waals surface area (Å²) in [5.41, 5.74) is 5.79. The molecule has 0 radical (unpaired) electrons. The monoisotopic (exact) mass is 290 g/mol. The van der Waals surface area contributed by atoms with Gasteiger partial charge in [0.25, 0.3) is 0 Å². The quantitative estimate of drug-likeness (QED) is 0.736. The van der Waals surface area contributed by atoms with E-state index in [0.29, 0.717) is 11.6 Å². The van der Waals surface area contributed by atoms with E-state index in [4.69, 9.17) is 20.7 Å². The molecule has 7 nitrogen and oxygen atoms in total. The molecular formula is C14H14N2O5. The largest absolute Gasteiger partial charge is 0.481 e. The Labute approximate surface area is 120 Å². The Morgan fingerprint density at radius 1 is 1.05 bits per heavy atom. The molecule has 0 saturated heterocycles. The van der Waals surface area contributed by atoms with E-state index in [1.165, 1.54) is 19.2 Å². The molecule has 0 spiro atoms. The first kappa shape index (κ1) is 16.0. The van der Waals surface area contributed by atoms with Gasteiger partial charge in [-0.15, -0.1) is 0 Å². The summed E-state index contributed by atoms with van der Waals surface area (Å²) in [7, 11) is 1.44. The summed E-state index contributed by atoms with van der Waals surface area (Å²) >= 11 is 0. The first-order valence-electron chi connectivity index (χ1n) is 5.78. The predicted octanol–water partition coefficient (Wildman–Crippen LogP) is 1.76. The number of ether oxygens (including phenoxy) is 1. The maximum Gasteiger partial charge on any atom is 0.354 e. The number of hydrogen-bond donors (Lipinski definition) is 3. The molecule has 0 atom stereocenters. The number of carboxylic acids is 2. The van der Waals surface area contributed by atoms with Crippen molar-refractivity contribution < 1.29 is 24.5 Å². The van der Waals surface area contributed by atoms with Gasteiger partial charge in [-0.2, -0.15) is 0 Å². The van der Waals surface area contributed by atoms with E-state index in [1.807, 2.05) is 0 Å². The number of nitrogens with two attached hydrogens (primary N) is 1. The number of benzene rings is 1. The van der Waals surface area contributed by atoms with Crippen LogP contribution in [0.2, 0.25) is 0 Å². The molecule has 1 aromatic heterocycles. The minimum Gasteiger partial charge on any atom is -0.481 e. The van der Waals surface area contributed by atoms with E-state index in [0.717, 1.165) is 0 Å². The van der Waals surface area contributed by atoms with Crippen molar-refractivity contribution in [3.8, 4) is 5.88 Å². The van der Waals surface area contributed by atoms with Crippen LogP contribution >= 0.6 is 0 Å². The number of nitrogens with zero attached hydrogens (tertiary/aromatic N) is 1. The molecule has 0 aliphatic carbocycles. The number of carboxylic acid groups (broad SMARTS) is 2. The van der Waals surface area contributed by atoms with E-state index in [1.54, 1.807) is 30.3 Å². The van der Waals surface area contributed by atoms with Gasteiger partial charge in [0.1, 0.15) is 0 Å². The number of aromatic nitrogens is 1. The smallest absolute Gasteiger partial charge is 0.354 e. The molecule has 2 aromatic rings. The molecule has 0 bridgehead atoms. The fourth-order valence-electron chi connectivity index (χ4n) is 1.34. The third kappa shape index (κ3) is 4.83. The number of rotatable bonds is 3. The molecule has 110 valence electrons. The van der Waals surface area contributed by atoms with Gasteiger partial charge in [0, 0.05) is 11.8 Å². The van der Waals surface area contributed by atoms with Gasteiger partial charge in [-0.1, -0.05) is 18.2 Å². The molecule has 21 heavy (non-hydrogen) atoms. The normalized spacial score (nSPS) is 9.19.